The van der Waals surface area contributed by atoms with Gasteiger partial charge >= 0.3 is 12.1 Å². The van der Waals surface area contributed by atoms with Crippen molar-refractivity contribution in [3.8, 4) is 0 Å². The van der Waals surface area contributed by atoms with Gasteiger partial charge in [-0.1, -0.05) is 30.3 Å². The number of amides is 1. The normalized spacial score (nSPS) is 19.9. The van der Waals surface area contributed by atoms with Gasteiger partial charge in [0, 0.05) is 12.5 Å². The molecule has 2 rings (SSSR count). The van der Waals surface area contributed by atoms with E-state index in [9.17, 15) is 14.4 Å². The minimum absolute atomic E-state index is 0.137. The summed E-state index contributed by atoms with van der Waals surface area (Å²) in [4.78, 5) is 37.4. The molecule has 0 bridgehead atoms. The predicted molar refractivity (Wildman–Crippen MR) is 96.4 cm³/mol. The molecule has 0 saturated carbocycles. The van der Waals surface area contributed by atoms with Crippen molar-refractivity contribution in [1.29, 1.82) is 0 Å². The first-order valence-electron chi connectivity index (χ1n) is 8.97. The Bertz CT molecular complexity index is 623. The van der Waals surface area contributed by atoms with E-state index in [2.05, 4.69) is 0 Å². The summed E-state index contributed by atoms with van der Waals surface area (Å²) in [7, 11) is 0. The van der Waals surface area contributed by atoms with Crippen molar-refractivity contribution in [1.82, 2.24) is 4.90 Å². The van der Waals surface area contributed by atoms with Gasteiger partial charge in [-0.05, 0) is 45.6 Å². The van der Waals surface area contributed by atoms with Crippen LogP contribution in [0.3, 0.4) is 0 Å². The molecule has 1 aromatic rings. The van der Waals surface area contributed by atoms with Crippen LogP contribution in [0.15, 0.2) is 30.3 Å². The van der Waals surface area contributed by atoms with Crippen LogP contribution in [0.4, 0.5) is 4.79 Å². The Morgan fingerprint density at radius 2 is 1.88 bits per heavy atom. The molecule has 1 aliphatic heterocycles. The molecule has 6 nitrogen and oxygen atoms in total. The SMILES string of the molecule is CC(C)(C)OC(=O)[C@@H]1CC[C@H](CCC=O)N1C(=O)OCc1ccccc1. The van der Waals surface area contributed by atoms with E-state index in [1.54, 1.807) is 20.8 Å². The lowest BCUT2D eigenvalue weighted by molar-refractivity contribution is -0.160. The number of carbonyl (C=O) groups is 3. The predicted octanol–water partition coefficient (Wildman–Crippen LogP) is 3.48. The van der Waals surface area contributed by atoms with Crippen LogP contribution in [-0.2, 0) is 25.7 Å². The molecule has 0 N–H and O–H groups in total. The number of ether oxygens (including phenoxy) is 2. The van der Waals surface area contributed by atoms with Gasteiger partial charge in [0.15, 0.2) is 0 Å². The average Bonchev–Trinajstić information content (AvgIpc) is 3.01. The van der Waals surface area contributed by atoms with Crippen LogP contribution < -0.4 is 0 Å². The van der Waals surface area contributed by atoms with Crippen molar-refractivity contribution < 1.29 is 23.9 Å². The fraction of sp³-hybridized carbons (Fsp3) is 0.550. The second-order valence-corrected chi connectivity index (χ2v) is 7.47. The number of likely N-dealkylation sites (tertiary alicyclic amines) is 1. The highest BCUT2D eigenvalue weighted by Crippen LogP contribution is 2.30. The first-order valence-corrected chi connectivity index (χ1v) is 8.97. The lowest BCUT2D eigenvalue weighted by Gasteiger charge is -2.30. The van der Waals surface area contributed by atoms with Gasteiger partial charge in [0.05, 0.1) is 0 Å². The van der Waals surface area contributed by atoms with E-state index in [1.807, 2.05) is 30.3 Å². The summed E-state index contributed by atoms with van der Waals surface area (Å²) in [6.45, 7) is 5.52. The van der Waals surface area contributed by atoms with Gasteiger partial charge in [0.1, 0.15) is 24.5 Å². The standard InChI is InChI=1S/C20H27NO5/c1-20(2,3)26-18(23)17-12-11-16(10-7-13-22)21(17)19(24)25-14-15-8-5-4-6-9-15/h4-6,8-9,13,16-17H,7,10-12,14H2,1-3H3/t16-,17-/m0/s1. The fourth-order valence-corrected chi connectivity index (χ4v) is 3.10. The second-order valence-electron chi connectivity index (χ2n) is 7.47. The van der Waals surface area contributed by atoms with E-state index in [0.717, 1.165) is 11.8 Å². The van der Waals surface area contributed by atoms with Gasteiger partial charge in [-0.3, -0.25) is 4.90 Å². The van der Waals surface area contributed by atoms with Gasteiger partial charge in [-0.2, -0.15) is 0 Å². The van der Waals surface area contributed by atoms with Crippen LogP contribution in [-0.4, -0.2) is 40.9 Å². The Balaban J connectivity index is 2.08. The summed E-state index contributed by atoms with van der Waals surface area (Å²) in [5, 5.41) is 0. The molecule has 6 heteroatoms. The molecule has 1 aliphatic rings. The van der Waals surface area contributed by atoms with Gasteiger partial charge in [-0.25, -0.2) is 9.59 Å². The molecular formula is C20H27NO5. The number of esters is 1. The molecule has 26 heavy (non-hydrogen) atoms. The molecule has 1 heterocycles. The lowest BCUT2D eigenvalue weighted by Crippen LogP contribution is -2.47. The van der Waals surface area contributed by atoms with Crippen LogP contribution in [0.1, 0.15) is 52.0 Å². The van der Waals surface area contributed by atoms with Crippen LogP contribution in [0.25, 0.3) is 0 Å². The number of carbonyl (C=O) groups excluding carboxylic acids is 3. The smallest absolute Gasteiger partial charge is 0.411 e. The first kappa shape index (κ1) is 19.9. The molecule has 1 amide bonds. The zero-order valence-corrected chi connectivity index (χ0v) is 15.6. The quantitative estimate of drug-likeness (QED) is 0.573. The molecule has 1 aromatic carbocycles. The largest absolute Gasteiger partial charge is 0.458 e. The van der Waals surface area contributed by atoms with Crippen molar-refractivity contribution in [2.24, 2.45) is 0 Å². The van der Waals surface area contributed by atoms with Crippen molar-refractivity contribution in [3.05, 3.63) is 35.9 Å². The second kappa shape index (κ2) is 8.83. The highest BCUT2D eigenvalue weighted by atomic mass is 16.6. The van der Waals surface area contributed by atoms with Crippen molar-refractivity contribution in [2.75, 3.05) is 0 Å². The van der Waals surface area contributed by atoms with E-state index in [-0.39, 0.29) is 12.6 Å². The van der Waals surface area contributed by atoms with Gasteiger partial charge in [-0.15, -0.1) is 0 Å². The third-order valence-electron chi connectivity index (χ3n) is 4.22. The Morgan fingerprint density at radius 3 is 2.50 bits per heavy atom. The summed E-state index contributed by atoms with van der Waals surface area (Å²) < 4.78 is 10.9. The molecule has 0 aliphatic carbocycles. The van der Waals surface area contributed by atoms with Crippen molar-refractivity contribution >= 4 is 18.3 Å². The van der Waals surface area contributed by atoms with Gasteiger partial charge in [0.2, 0.25) is 0 Å². The third-order valence-corrected chi connectivity index (χ3v) is 4.22. The van der Waals surface area contributed by atoms with E-state index < -0.39 is 23.7 Å². The summed E-state index contributed by atoms with van der Waals surface area (Å²) in [5.41, 5.74) is 0.246. The molecule has 1 fully saturated rings. The molecule has 0 radical (unpaired) electrons. The van der Waals surface area contributed by atoms with E-state index >= 15 is 0 Å². The number of hydrogen-bond donors (Lipinski definition) is 0. The summed E-state index contributed by atoms with van der Waals surface area (Å²) in [6, 6.07) is 8.50. The maximum atomic E-state index is 12.7. The topological polar surface area (TPSA) is 72.9 Å². The molecule has 0 unspecified atom stereocenters. The fourth-order valence-electron chi connectivity index (χ4n) is 3.10. The molecular weight excluding hydrogens is 334 g/mol. The van der Waals surface area contributed by atoms with E-state index in [4.69, 9.17) is 9.47 Å². The van der Waals surface area contributed by atoms with Crippen molar-refractivity contribution in [3.63, 3.8) is 0 Å². The molecule has 0 spiro atoms. The highest BCUT2D eigenvalue weighted by Gasteiger charge is 2.43. The Hall–Kier alpha value is -2.37. The van der Waals surface area contributed by atoms with Crippen molar-refractivity contribution in [2.45, 2.75) is 70.7 Å². The minimum Gasteiger partial charge on any atom is -0.458 e. The lowest BCUT2D eigenvalue weighted by atomic mass is 10.1. The van der Waals surface area contributed by atoms with Crippen LogP contribution in [0.5, 0.6) is 0 Å². The number of hydrogen-bond acceptors (Lipinski definition) is 5. The first-order chi connectivity index (χ1) is 12.3. The van der Waals surface area contributed by atoms with Gasteiger partial charge in [0.25, 0.3) is 0 Å². The van der Waals surface area contributed by atoms with Crippen LogP contribution >= 0.6 is 0 Å². The number of nitrogens with zero attached hydrogens (tertiary/aromatic N) is 1. The molecule has 142 valence electrons. The minimum atomic E-state index is -0.672. The Morgan fingerprint density at radius 1 is 1.19 bits per heavy atom. The summed E-state index contributed by atoms with van der Waals surface area (Å²) in [6.07, 6.45) is 2.31. The monoisotopic (exact) mass is 361 g/mol. The van der Waals surface area contributed by atoms with Crippen LogP contribution in [0, 0.1) is 0 Å². The maximum Gasteiger partial charge on any atom is 0.411 e. The third kappa shape index (κ3) is 5.58. The highest BCUT2D eigenvalue weighted by molar-refractivity contribution is 5.82. The number of rotatable bonds is 6. The Labute approximate surface area is 154 Å². The molecule has 2 atom stereocenters. The molecule has 1 saturated heterocycles. The van der Waals surface area contributed by atoms with E-state index in [1.165, 1.54) is 4.90 Å². The van der Waals surface area contributed by atoms with E-state index in [0.29, 0.717) is 25.7 Å². The maximum absolute atomic E-state index is 12.7. The van der Waals surface area contributed by atoms with Gasteiger partial charge < -0.3 is 14.3 Å². The zero-order valence-electron chi connectivity index (χ0n) is 15.6. The molecule has 0 aromatic heterocycles. The average molecular weight is 361 g/mol. The summed E-state index contributed by atoms with van der Waals surface area (Å²) in [5.74, 6) is -0.428. The number of benzene rings is 1. The Kier molecular flexibility index (Phi) is 6.77. The number of aldehydes is 1. The zero-order chi connectivity index (χ0) is 19.2. The summed E-state index contributed by atoms with van der Waals surface area (Å²) >= 11 is 0. The van der Waals surface area contributed by atoms with Crippen LogP contribution in [0.2, 0.25) is 0 Å².